The molecule has 1 aromatic heterocycles. The molecular weight excluding hydrogens is 344 g/mol. The number of imide groups is 1. The first-order chi connectivity index (χ1) is 12.9. The van der Waals surface area contributed by atoms with Gasteiger partial charge in [-0.05, 0) is 24.1 Å². The predicted octanol–water partition coefficient (Wildman–Crippen LogP) is 1.87. The molecule has 0 fully saturated rings. The Labute approximate surface area is 157 Å². The Hall–Kier alpha value is -2.96. The third-order valence-electron chi connectivity index (χ3n) is 5.16. The van der Waals surface area contributed by atoms with E-state index < -0.39 is 0 Å². The summed E-state index contributed by atoms with van der Waals surface area (Å²) in [5.41, 5.74) is 3.20. The first kappa shape index (κ1) is 17.5. The molecule has 27 heavy (non-hydrogen) atoms. The quantitative estimate of drug-likeness (QED) is 0.777. The lowest BCUT2D eigenvalue weighted by molar-refractivity contribution is 0.0635. The van der Waals surface area contributed by atoms with E-state index in [1.807, 2.05) is 25.5 Å². The molecule has 0 atom stereocenters. The minimum absolute atomic E-state index is 0.132. The monoisotopic (exact) mass is 366 g/mol. The highest BCUT2D eigenvalue weighted by atomic mass is 16.2. The fraction of sp³-hybridized carbons (Fsp3) is 0.400. The maximum atomic E-state index is 13.0. The molecule has 2 aliphatic heterocycles. The van der Waals surface area contributed by atoms with Crippen molar-refractivity contribution in [2.75, 3.05) is 13.1 Å². The zero-order chi connectivity index (χ0) is 19.3. The predicted molar refractivity (Wildman–Crippen MR) is 98.3 cm³/mol. The fourth-order valence-corrected chi connectivity index (χ4v) is 3.73. The van der Waals surface area contributed by atoms with Crippen LogP contribution in [0.3, 0.4) is 0 Å². The summed E-state index contributed by atoms with van der Waals surface area (Å²) < 4.78 is 1.93. The van der Waals surface area contributed by atoms with Crippen LogP contribution < -0.4 is 0 Å². The number of imidazole rings is 1. The van der Waals surface area contributed by atoms with Gasteiger partial charge in [-0.15, -0.1) is 0 Å². The number of carbonyl (C=O) groups is 3. The highest BCUT2D eigenvalue weighted by Gasteiger charge is 2.36. The summed E-state index contributed by atoms with van der Waals surface area (Å²) in [5.74, 6) is -0.534. The lowest BCUT2D eigenvalue weighted by Crippen LogP contribution is -2.36. The molecule has 2 aliphatic rings. The van der Waals surface area contributed by atoms with E-state index >= 15 is 0 Å². The van der Waals surface area contributed by atoms with Gasteiger partial charge in [0.25, 0.3) is 17.7 Å². The van der Waals surface area contributed by atoms with Crippen LogP contribution in [0, 0.1) is 5.92 Å². The van der Waals surface area contributed by atoms with E-state index in [0.717, 1.165) is 11.4 Å². The van der Waals surface area contributed by atoms with Crippen LogP contribution in [0.25, 0.3) is 0 Å². The van der Waals surface area contributed by atoms with Gasteiger partial charge in [0.1, 0.15) is 0 Å². The van der Waals surface area contributed by atoms with Crippen molar-refractivity contribution >= 4 is 17.7 Å². The largest absolute Gasteiger partial charge is 0.336 e. The molecule has 0 bridgehead atoms. The van der Waals surface area contributed by atoms with Crippen LogP contribution in [0.4, 0.5) is 0 Å². The van der Waals surface area contributed by atoms with Crippen LogP contribution in [0.5, 0.6) is 0 Å². The zero-order valence-corrected chi connectivity index (χ0v) is 15.7. The van der Waals surface area contributed by atoms with Gasteiger partial charge in [0.05, 0.1) is 35.4 Å². The van der Waals surface area contributed by atoms with Crippen molar-refractivity contribution in [1.29, 1.82) is 0 Å². The third kappa shape index (κ3) is 2.83. The number of rotatable bonds is 3. The molecule has 0 saturated carbocycles. The molecule has 0 aliphatic carbocycles. The Morgan fingerprint density at radius 2 is 1.93 bits per heavy atom. The summed E-state index contributed by atoms with van der Waals surface area (Å²) in [6, 6.07) is 4.81. The first-order valence-electron chi connectivity index (χ1n) is 9.15. The minimum Gasteiger partial charge on any atom is -0.336 e. The Morgan fingerprint density at radius 3 is 2.67 bits per heavy atom. The van der Waals surface area contributed by atoms with Crippen molar-refractivity contribution in [3.8, 4) is 0 Å². The van der Waals surface area contributed by atoms with Crippen molar-refractivity contribution in [1.82, 2.24) is 19.4 Å². The molecule has 0 unspecified atom stereocenters. The van der Waals surface area contributed by atoms with E-state index in [1.165, 1.54) is 4.90 Å². The molecule has 7 heteroatoms. The Kier molecular flexibility index (Phi) is 4.09. The van der Waals surface area contributed by atoms with E-state index in [2.05, 4.69) is 4.98 Å². The van der Waals surface area contributed by atoms with E-state index in [1.54, 1.807) is 29.4 Å². The number of fused-ring (bicyclic) bond motifs is 2. The first-order valence-corrected chi connectivity index (χ1v) is 9.15. The summed E-state index contributed by atoms with van der Waals surface area (Å²) in [7, 11) is 1.92. The van der Waals surface area contributed by atoms with Crippen LogP contribution >= 0.6 is 0 Å². The highest BCUT2D eigenvalue weighted by molar-refractivity contribution is 6.22. The number of aryl methyl sites for hydroxylation is 1. The lowest BCUT2D eigenvalue weighted by Gasteiger charge is -2.27. The highest BCUT2D eigenvalue weighted by Crippen LogP contribution is 2.26. The summed E-state index contributed by atoms with van der Waals surface area (Å²) in [5, 5.41) is 0. The average Bonchev–Trinajstić information content (AvgIpc) is 3.13. The maximum absolute atomic E-state index is 13.0. The summed E-state index contributed by atoms with van der Waals surface area (Å²) in [6.45, 7) is 5.38. The van der Waals surface area contributed by atoms with Crippen LogP contribution in [0.1, 0.15) is 56.3 Å². The van der Waals surface area contributed by atoms with E-state index in [4.69, 9.17) is 0 Å². The van der Waals surface area contributed by atoms with Gasteiger partial charge in [-0.25, -0.2) is 4.98 Å². The Balaban J connectivity index is 1.59. The minimum atomic E-state index is -0.314. The topological polar surface area (TPSA) is 75.5 Å². The van der Waals surface area contributed by atoms with Crippen molar-refractivity contribution in [3.05, 3.63) is 52.6 Å². The Morgan fingerprint density at radius 1 is 1.19 bits per heavy atom. The van der Waals surface area contributed by atoms with Gasteiger partial charge in [-0.3, -0.25) is 19.3 Å². The number of hydrogen-bond donors (Lipinski definition) is 0. The SMILES string of the molecule is CC(C)CN1C(=O)c2ccc(C(=O)N3CCc4ncn(C)c4C3)cc2C1=O. The van der Waals surface area contributed by atoms with Crippen LogP contribution in [0.2, 0.25) is 0 Å². The second-order valence-corrected chi connectivity index (χ2v) is 7.60. The van der Waals surface area contributed by atoms with Crippen molar-refractivity contribution < 1.29 is 14.4 Å². The summed E-state index contributed by atoms with van der Waals surface area (Å²) >= 11 is 0. The smallest absolute Gasteiger partial charge is 0.261 e. The molecule has 4 rings (SSSR count). The van der Waals surface area contributed by atoms with Gasteiger partial charge in [-0.1, -0.05) is 13.8 Å². The maximum Gasteiger partial charge on any atom is 0.261 e. The number of aromatic nitrogens is 2. The third-order valence-corrected chi connectivity index (χ3v) is 5.16. The molecule has 140 valence electrons. The molecule has 0 N–H and O–H groups in total. The molecule has 3 amide bonds. The molecule has 2 aromatic rings. The molecule has 7 nitrogen and oxygen atoms in total. The van der Waals surface area contributed by atoms with Crippen molar-refractivity contribution in [2.24, 2.45) is 13.0 Å². The zero-order valence-electron chi connectivity index (χ0n) is 15.7. The summed E-state index contributed by atoms with van der Waals surface area (Å²) in [4.78, 5) is 45.5. The molecule has 3 heterocycles. The van der Waals surface area contributed by atoms with Gasteiger partial charge < -0.3 is 9.47 Å². The second kappa shape index (κ2) is 6.33. The number of carbonyl (C=O) groups excluding carboxylic acids is 3. The van der Waals surface area contributed by atoms with Crippen LogP contribution in [0.15, 0.2) is 24.5 Å². The Bertz CT molecular complexity index is 960. The van der Waals surface area contributed by atoms with Gasteiger partial charge in [0, 0.05) is 32.1 Å². The molecule has 0 spiro atoms. The standard InChI is InChI=1S/C20H22N4O3/c1-12(2)9-24-19(26)14-5-4-13(8-15(14)20(24)27)18(25)23-7-6-16-17(10-23)22(3)11-21-16/h4-5,8,11-12H,6-7,9-10H2,1-3H3. The molecule has 0 radical (unpaired) electrons. The van der Waals surface area contributed by atoms with E-state index in [9.17, 15) is 14.4 Å². The van der Waals surface area contributed by atoms with Crippen LogP contribution in [-0.2, 0) is 20.0 Å². The summed E-state index contributed by atoms with van der Waals surface area (Å²) in [6.07, 6.45) is 2.48. The molecule has 0 saturated heterocycles. The van der Waals surface area contributed by atoms with E-state index in [0.29, 0.717) is 42.7 Å². The lowest BCUT2D eigenvalue weighted by atomic mass is 10.0. The van der Waals surface area contributed by atoms with Crippen molar-refractivity contribution in [2.45, 2.75) is 26.8 Å². The number of amides is 3. The van der Waals surface area contributed by atoms with E-state index in [-0.39, 0.29) is 23.6 Å². The van der Waals surface area contributed by atoms with Gasteiger partial charge in [-0.2, -0.15) is 0 Å². The van der Waals surface area contributed by atoms with Gasteiger partial charge >= 0.3 is 0 Å². The normalized spacial score (nSPS) is 16.1. The number of hydrogen-bond acceptors (Lipinski definition) is 4. The fourth-order valence-electron chi connectivity index (χ4n) is 3.73. The van der Waals surface area contributed by atoms with Gasteiger partial charge in [0.2, 0.25) is 0 Å². The molecule has 1 aromatic carbocycles. The average molecular weight is 366 g/mol. The van der Waals surface area contributed by atoms with Crippen molar-refractivity contribution in [3.63, 3.8) is 0 Å². The second-order valence-electron chi connectivity index (χ2n) is 7.60. The molecular formula is C20H22N4O3. The number of nitrogens with zero attached hydrogens (tertiary/aromatic N) is 4. The number of benzene rings is 1. The van der Waals surface area contributed by atoms with Crippen LogP contribution in [-0.4, -0.2) is 50.2 Å². The van der Waals surface area contributed by atoms with Gasteiger partial charge in [0.15, 0.2) is 0 Å².